The van der Waals surface area contributed by atoms with Gasteiger partial charge in [-0.2, -0.15) is 5.10 Å². The minimum absolute atomic E-state index is 0.181. The molecule has 1 aliphatic rings. The maximum atomic E-state index is 12.7. The van der Waals surface area contributed by atoms with E-state index in [0.717, 1.165) is 23.5 Å². The van der Waals surface area contributed by atoms with Gasteiger partial charge in [0.05, 0.1) is 36.2 Å². The summed E-state index contributed by atoms with van der Waals surface area (Å²) in [4.78, 5) is 14.4. The third-order valence-electron chi connectivity index (χ3n) is 4.93. The van der Waals surface area contributed by atoms with Crippen LogP contribution in [0, 0.1) is 0 Å². The summed E-state index contributed by atoms with van der Waals surface area (Å²) >= 11 is 6.10. The van der Waals surface area contributed by atoms with Crippen LogP contribution in [0.3, 0.4) is 0 Å². The predicted octanol–water partition coefficient (Wildman–Crippen LogP) is 3.45. The Kier molecular flexibility index (Phi) is 6.35. The fourth-order valence-electron chi connectivity index (χ4n) is 3.25. The first-order valence-electron chi connectivity index (χ1n) is 9.92. The SMILES string of the molecule is CCc1cc(C(=O)N2CCO[C@H](c3cc(CCOc4ccccc4Cl)[nH]n3)C2)on1. The summed E-state index contributed by atoms with van der Waals surface area (Å²) in [6.45, 7) is 3.77. The van der Waals surface area contributed by atoms with E-state index in [0.29, 0.717) is 43.5 Å². The van der Waals surface area contributed by atoms with Gasteiger partial charge in [-0.15, -0.1) is 0 Å². The van der Waals surface area contributed by atoms with Gasteiger partial charge in [0.2, 0.25) is 5.76 Å². The number of rotatable bonds is 7. The predicted molar refractivity (Wildman–Crippen MR) is 110 cm³/mol. The number of hydrogen-bond acceptors (Lipinski definition) is 6. The molecule has 1 amide bonds. The monoisotopic (exact) mass is 430 g/mol. The van der Waals surface area contributed by atoms with Crippen LogP contribution < -0.4 is 4.74 Å². The van der Waals surface area contributed by atoms with Crippen molar-refractivity contribution in [2.75, 3.05) is 26.3 Å². The number of hydrogen-bond donors (Lipinski definition) is 1. The lowest BCUT2D eigenvalue weighted by atomic mass is 10.1. The fraction of sp³-hybridized carbons (Fsp3) is 0.381. The van der Waals surface area contributed by atoms with Gasteiger partial charge in [0, 0.05) is 24.7 Å². The van der Waals surface area contributed by atoms with E-state index in [2.05, 4.69) is 15.4 Å². The Morgan fingerprint density at radius 3 is 3.03 bits per heavy atom. The van der Waals surface area contributed by atoms with Crippen molar-refractivity contribution in [3.8, 4) is 5.75 Å². The molecule has 1 N–H and O–H groups in total. The highest BCUT2D eigenvalue weighted by Gasteiger charge is 2.29. The van der Waals surface area contributed by atoms with Gasteiger partial charge in [-0.25, -0.2) is 0 Å². The number of morpholine rings is 1. The lowest BCUT2D eigenvalue weighted by molar-refractivity contribution is -0.0259. The number of benzene rings is 1. The van der Waals surface area contributed by atoms with E-state index in [9.17, 15) is 4.79 Å². The molecule has 0 saturated carbocycles. The van der Waals surface area contributed by atoms with Crippen LogP contribution in [0.5, 0.6) is 5.75 Å². The first-order valence-corrected chi connectivity index (χ1v) is 10.3. The zero-order valence-corrected chi connectivity index (χ0v) is 17.4. The number of amides is 1. The smallest absolute Gasteiger partial charge is 0.292 e. The van der Waals surface area contributed by atoms with Gasteiger partial charge in [0.25, 0.3) is 5.91 Å². The first-order chi connectivity index (χ1) is 14.6. The molecule has 1 atom stereocenters. The van der Waals surface area contributed by atoms with E-state index in [1.165, 1.54) is 0 Å². The number of para-hydroxylation sites is 1. The Morgan fingerprint density at radius 2 is 2.23 bits per heavy atom. The Balaban J connectivity index is 1.33. The molecule has 30 heavy (non-hydrogen) atoms. The van der Waals surface area contributed by atoms with Gasteiger partial charge >= 0.3 is 0 Å². The number of aromatic amines is 1. The van der Waals surface area contributed by atoms with E-state index in [4.69, 9.17) is 25.6 Å². The number of carbonyl (C=O) groups is 1. The number of halogens is 1. The molecule has 4 rings (SSSR count). The van der Waals surface area contributed by atoms with Crippen LogP contribution in [0.1, 0.15) is 40.7 Å². The second-order valence-electron chi connectivity index (χ2n) is 6.99. The molecule has 3 heterocycles. The number of aromatic nitrogens is 3. The number of ether oxygens (including phenoxy) is 2. The zero-order valence-electron chi connectivity index (χ0n) is 16.6. The molecule has 0 bridgehead atoms. The molecule has 0 spiro atoms. The quantitative estimate of drug-likeness (QED) is 0.617. The van der Waals surface area contributed by atoms with Crippen molar-refractivity contribution in [1.82, 2.24) is 20.3 Å². The molecule has 1 aromatic carbocycles. The van der Waals surface area contributed by atoms with Gasteiger partial charge in [-0.05, 0) is 24.6 Å². The van der Waals surface area contributed by atoms with Gasteiger partial charge in [0.15, 0.2) is 0 Å². The van der Waals surface area contributed by atoms with Crippen LogP contribution in [0.25, 0.3) is 0 Å². The molecule has 8 nitrogen and oxygen atoms in total. The molecule has 3 aromatic rings. The van der Waals surface area contributed by atoms with Crippen LogP contribution in [-0.4, -0.2) is 52.5 Å². The van der Waals surface area contributed by atoms with Crippen LogP contribution in [0.4, 0.5) is 0 Å². The normalized spacial score (nSPS) is 16.6. The van der Waals surface area contributed by atoms with Crippen LogP contribution in [0.15, 0.2) is 40.9 Å². The van der Waals surface area contributed by atoms with Gasteiger partial charge in [0.1, 0.15) is 11.9 Å². The van der Waals surface area contributed by atoms with Crippen molar-refractivity contribution in [3.63, 3.8) is 0 Å². The molecular formula is C21H23ClN4O4. The van der Waals surface area contributed by atoms with Crippen molar-refractivity contribution in [2.45, 2.75) is 25.9 Å². The van der Waals surface area contributed by atoms with Gasteiger partial charge < -0.3 is 18.9 Å². The summed E-state index contributed by atoms with van der Waals surface area (Å²) in [5.41, 5.74) is 2.44. The number of nitrogens with zero attached hydrogens (tertiary/aromatic N) is 3. The summed E-state index contributed by atoms with van der Waals surface area (Å²) in [6.07, 6.45) is 1.07. The molecule has 9 heteroatoms. The molecule has 158 valence electrons. The van der Waals surface area contributed by atoms with E-state index in [1.807, 2.05) is 31.2 Å². The molecule has 1 fully saturated rings. The van der Waals surface area contributed by atoms with Gasteiger partial charge in [-0.3, -0.25) is 9.89 Å². The molecule has 0 radical (unpaired) electrons. The van der Waals surface area contributed by atoms with Crippen LogP contribution >= 0.6 is 11.6 Å². The third-order valence-corrected chi connectivity index (χ3v) is 5.24. The largest absolute Gasteiger partial charge is 0.492 e. The topological polar surface area (TPSA) is 93.5 Å². The van der Waals surface area contributed by atoms with Crippen molar-refractivity contribution >= 4 is 17.5 Å². The number of H-pyrrole nitrogens is 1. The summed E-state index contributed by atoms with van der Waals surface area (Å²) < 4.78 is 16.7. The van der Waals surface area contributed by atoms with E-state index >= 15 is 0 Å². The maximum Gasteiger partial charge on any atom is 0.292 e. The lowest BCUT2D eigenvalue weighted by Gasteiger charge is -2.31. The molecule has 2 aromatic heterocycles. The van der Waals surface area contributed by atoms with E-state index < -0.39 is 0 Å². The lowest BCUT2D eigenvalue weighted by Crippen LogP contribution is -2.42. The summed E-state index contributed by atoms with van der Waals surface area (Å²) in [7, 11) is 0. The number of aryl methyl sites for hydroxylation is 1. The van der Waals surface area contributed by atoms with Gasteiger partial charge in [-0.1, -0.05) is 35.8 Å². The highest BCUT2D eigenvalue weighted by molar-refractivity contribution is 6.32. The fourth-order valence-corrected chi connectivity index (χ4v) is 3.44. The number of nitrogens with one attached hydrogen (secondary N) is 1. The zero-order chi connectivity index (χ0) is 20.9. The molecule has 0 unspecified atom stereocenters. The van der Waals surface area contributed by atoms with Crippen molar-refractivity contribution < 1.29 is 18.8 Å². The second-order valence-corrected chi connectivity index (χ2v) is 7.40. The highest BCUT2D eigenvalue weighted by atomic mass is 35.5. The van der Waals surface area contributed by atoms with E-state index in [-0.39, 0.29) is 17.8 Å². The third kappa shape index (κ3) is 4.66. The van der Waals surface area contributed by atoms with Crippen molar-refractivity contribution in [2.24, 2.45) is 0 Å². The second kappa shape index (κ2) is 9.32. The summed E-state index contributed by atoms with van der Waals surface area (Å²) in [6, 6.07) is 11.0. The first kappa shape index (κ1) is 20.4. The Bertz CT molecular complexity index is 1000. The standard InChI is InChI=1S/C21H23ClN4O4/c1-2-14-12-19(30-25-14)21(27)26-8-10-29-20(13-26)17-11-15(23-24-17)7-9-28-18-6-4-3-5-16(18)22/h3-6,11-12,20H,2,7-10,13H2,1H3,(H,23,24)/t20-/m0/s1. The Hall–Kier alpha value is -2.84. The Morgan fingerprint density at radius 1 is 1.37 bits per heavy atom. The molecular weight excluding hydrogens is 408 g/mol. The Labute approximate surface area is 179 Å². The molecule has 1 saturated heterocycles. The average molecular weight is 431 g/mol. The average Bonchev–Trinajstić information content (AvgIpc) is 3.44. The van der Waals surface area contributed by atoms with E-state index in [1.54, 1.807) is 17.0 Å². The van der Waals surface area contributed by atoms with Crippen molar-refractivity contribution in [3.05, 3.63) is 64.3 Å². The van der Waals surface area contributed by atoms with Crippen LogP contribution in [-0.2, 0) is 17.6 Å². The minimum Gasteiger partial charge on any atom is -0.492 e. The van der Waals surface area contributed by atoms with Crippen molar-refractivity contribution in [1.29, 1.82) is 0 Å². The summed E-state index contributed by atoms with van der Waals surface area (Å²) in [5.74, 6) is 0.730. The highest BCUT2D eigenvalue weighted by Crippen LogP contribution is 2.24. The summed E-state index contributed by atoms with van der Waals surface area (Å²) in [5, 5.41) is 11.9. The molecule has 1 aliphatic heterocycles. The minimum atomic E-state index is -0.300. The molecule has 0 aliphatic carbocycles. The van der Waals surface area contributed by atoms with Crippen LogP contribution in [0.2, 0.25) is 5.02 Å². The maximum absolute atomic E-state index is 12.7. The number of carbonyl (C=O) groups excluding carboxylic acids is 1.